The van der Waals surface area contributed by atoms with Gasteiger partial charge >= 0.3 is 0 Å². The van der Waals surface area contributed by atoms with Crippen molar-refractivity contribution in [3.05, 3.63) is 52.5 Å². The number of aromatic nitrogens is 1. The molecule has 1 unspecified atom stereocenters. The summed E-state index contributed by atoms with van der Waals surface area (Å²) in [6.45, 7) is 5.49. The van der Waals surface area contributed by atoms with E-state index in [1.54, 1.807) is 11.3 Å². The minimum atomic E-state index is -0.196. The SMILES string of the molecule is Cc1cnc(N2CCC3(CCN(CC4=CCc5ccccc54)C3=O)C2)s1. The molecule has 2 fully saturated rings. The second kappa shape index (κ2) is 5.95. The summed E-state index contributed by atoms with van der Waals surface area (Å²) in [5.74, 6) is 0.346. The van der Waals surface area contributed by atoms with Gasteiger partial charge in [0, 0.05) is 37.3 Å². The van der Waals surface area contributed by atoms with Crippen LogP contribution in [0.5, 0.6) is 0 Å². The van der Waals surface area contributed by atoms with Crippen molar-refractivity contribution >= 4 is 27.9 Å². The molecule has 1 aliphatic carbocycles. The molecule has 3 aliphatic rings. The number of carbonyl (C=O) groups is 1. The Kier molecular flexibility index (Phi) is 3.67. The van der Waals surface area contributed by atoms with Gasteiger partial charge < -0.3 is 9.80 Å². The molecule has 0 bridgehead atoms. The zero-order chi connectivity index (χ0) is 17.7. The molecule has 134 valence electrons. The van der Waals surface area contributed by atoms with Gasteiger partial charge in [0.25, 0.3) is 0 Å². The monoisotopic (exact) mass is 365 g/mol. The lowest BCUT2D eigenvalue weighted by atomic mass is 9.85. The van der Waals surface area contributed by atoms with Gasteiger partial charge in [-0.05, 0) is 42.9 Å². The average molecular weight is 366 g/mol. The topological polar surface area (TPSA) is 36.4 Å². The maximum atomic E-state index is 13.3. The molecule has 1 aromatic heterocycles. The molecule has 2 aliphatic heterocycles. The summed E-state index contributed by atoms with van der Waals surface area (Å²) >= 11 is 1.73. The first-order valence-electron chi connectivity index (χ1n) is 9.39. The van der Waals surface area contributed by atoms with Gasteiger partial charge in [-0.3, -0.25) is 4.79 Å². The Hall–Kier alpha value is -2.14. The highest BCUT2D eigenvalue weighted by Gasteiger charge is 2.51. The normalized spacial score (nSPS) is 24.7. The van der Waals surface area contributed by atoms with Crippen LogP contribution in [0, 0.1) is 12.3 Å². The maximum Gasteiger partial charge on any atom is 0.231 e. The van der Waals surface area contributed by atoms with Crippen LogP contribution in [0.3, 0.4) is 0 Å². The molecule has 0 N–H and O–H groups in total. The first-order valence-corrected chi connectivity index (χ1v) is 10.2. The lowest BCUT2D eigenvalue weighted by molar-refractivity contribution is -0.134. The summed E-state index contributed by atoms with van der Waals surface area (Å²) in [7, 11) is 0. The number of fused-ring (bicyclic) bond motifs is 1. The zero-order valence-corrected chi connectivity index (χ0v) is 15.9. The van der Waals surface area contributed by atoms with Gasteiger partial charge in [0.2, 0.25) is 5.91 Å². The highest BCUT2D eigenvalue weighted by atomic mass is 32.1. The van der Waals surface area contributed by atoms with Crippen LogP contribution in [-0.4, -0.2) is 42.0 Å². The highest BCUT2D eigenvalue weighted by molar-refractivity contribution is 7.15. The molecule has 5 rings (SSSR count). The lowest BCUT2D eigenvalue weighted by Gasteiger charge is -2.24. The van der Waals surface area contributed by atoms with Crippen LogP contribution in [0.2, 0.25) is 0 Å². The van der Waals surface area contributed by atoms with Gasteiger partial charge in [0.15, 0.2) is 5.13 Å². The second-order valence-corrected chi connectivity index (χ2v) is 8.99. The number of benzene rings is 1. The standard InChI is InChI=1S/C21H23N3OS/c1-15-12-22-20(26-15)24-11-9-21(14-24)8-10-23(19(21)25)13-17-7-6-16-4-2-3-5-18(16)17/h2-5,7,12H,6,8-11,13-14H2,1H3. The molecule has 1 amide bonds. The van der Waals surface area contributed by atoms with E-state index in [0.717, 1.165) is 50.6 Å². The van der Waals surface area contributed by atoms with E-state index in [0.29, 0.717) is 5.91 Å². The average Bonchev–Trinajstić information content (AvgIpc) is 3.41. The Balaban J connectivity index is 1.31. The van der Waals surface area contributed by atoms with Gasteiger partial charge in [-0.1, -0.05) is 30.3 Å². The van der Waals surface area contributed by atoms with E-state index < -0.39 is 0 Å². The number of nitrogens with zero attached hydrogens (tertiary/aromatic N) is 3. The molecule has 5 heteroatoms. The Labute approximate surface area is 158 Å². The number of thiazole rings is 1. The Bertz CT molecular complexity index is 902. The predicted molar refractivity (Wildman–Crippen MR) is 105 cm³/mol. The third-order valence-electron chi connectivity index (χ3n) is 6.13. The van der Waals surface area contributed by atoms with Crippen LogP contribution in [0.1, 0.15) is 28.8 Å². The number of aryl methyl sites for hydroxylation is 1. The van der Waals surface area contributed by atoms with E-state index in [4.69, 9.17) is 0 Å². The third-order valence-corrected chi connectivity index (χ3v) is 7.10. The zero-order valence-electron chi connectivity index (χ0n) is 15.1. The first kappa shape index (κ1) is 16.1. The fourth-order valence-corrected chi connectivity index (χ4v) is 5.44. The van der Waals surface area contributed by atoms with Crippen molar-refractivity contribution < 1.29 is 4.79 Å². The van der Waals surface area contributed by atoms with Crippen molar-refractivity contribution in [3.8, 4) is 0 Å². The number of carbonyl (C=O) groups excluding carboxylic acids is 1. The molecule has 2 saturated heterocycles. The second-order valence-electron chi connectivity index (χ2n) is 7.77. The molecule has 1 spiro atoms. The molecule has 26 heavy (non-hydrogen) atoms. The molecule has 4 nitrogen and oxygen atoms in total. The molecule has 3 heterocycles. The van der Waals surface area contributed by atoms with E-state index in [-0.39, 0.29) is 5.41 Å². The summed E-state index contributed by atoms with van der Waals surface area (Å²) in [5.41, 5.74) is 3.83. The predicted octanol–water partition coefficient (Wildman–Crippen LogP) is 3.52. The van der Waals surface area contributed by atoms with Crippen molar-refractivity contribution in [2.24, 2.45) is 5.41 Å². The van der Waals surface area contributed by atoms with Gasteiger partial charge in [0.1, 0.15) is 0 Å². The maximum absolute atomic E-state index is 13.3. The number of hydrogen-bond acceptors (Lipinski definition) is 4. The van der Waals surface area contributed by atoms with Gasteiger partial charge in [-0.15, -0.1) is 11.3 Å². The van der Waals surface area contributed by atoms with Crippen LogP contribution >= 0.6 is 11.3 Å². The lowest BCUT2D eigenvalue weighted by Crippen LogP contribution is -2.37. The third kappa shape index (κ3) is 2.49. The van der Waals surface area contributed by atoms with Crippen molar-refractivity contribution in [2.45, 2.75) is 26.2 Å². The fourth-order valence-electron chi connectivity index (χ4n) is 4.66. The number of allylic oxidation sites excluding steroid dienone is 1. The van der Waals surface area contributed by atoms with Gasteiger partial charge in [0.05, 0.1) is 5.41 Å². The van der Waals surface area contributed by atoms with Crippen molar-refractivity contribution in [3.63, 3.8) is 0 Å². The van der Waals surface area contributed by atoms with E-state index in [1.165, 1.54) is 21.6 Å². The van der Waals surface area contributed by atoms with Crippen LogP contribution in [0.15, 0.2) is 36.5 Å². The van der Waals surface area contributed by atoms with Crippen molar-refractivity contribution in [1.29, 1.82) is 0 Å². The van der Waals surface area contributed by atoms with E-state index in [9.17, 15) is 4.79 Å². The number of likely N-dealkylation sites (tertiary alicyclic amines) is 1. The number of rotatable bonds is 3. The van der Waals surface area contributed by atoms with Crippen LogP contribution in [-0.2, 0) is 11.2 Å². The Morgan fingerprint density at radius 1 is 1.23 bits per heavy atom. The Morgan fingerprint density at radius 2 is 2.08 bits per heavy atom. The Morgan fingerprint density at radius 3 is 2.92 bits per heavy atom. The minimum Gasteiger partial charge on any atom is -0.347 e. The molecular weight excluding hydrogens is 342 g/mol. The van der Waals surface area contributed by atoms with E-state index in [2.05, 4.69) is 52.0 Å². The minimum absolute atomic E-state index is 0.196. The smallest absolute Gasteiger partial charge is 0.231 e. The van der Waals surface area contributed by atoms with Gasteiger partial charge in [-0.25, -0.2) is 4.98 Å². The first-order chi connectivity index (χ1) is 12.6. The fraction of sp³-hybridized carbons (Fsp3) is 0.429. The largest absolute Gasteiger partial charge is 0.347 e. The summed E-state index contributed by atoms with van der Waals surface area (Å²) in [5, 5.41) is 1.07. The van der Waals surface area contributed by atoms with E-state index in [1.807, 2.05) is 6.20 Å². The molecule has 0 saturated carbocycles. The van der Waals surface area contributed by atoms with Crippen LogP contribution < -0.4 is 4.90 Å². The van der Waals surface area contributed by atoms with Gasteiger partial charge in [-0.2, -0.15) is 0 Å². The molecule has 1 aromatic carbocycles. The molecule has 0 radical (unpaired) electrons. The summed E-state index contributed by atoms with van der Waals surface area (Å²) in [4.78, 5) is 23.4. The molecular formula is C21H23N3OS. The quantitative estimate of drug-likeness (QED) is 0.835. The number of anilines is 1. The molecule has 1 atom stereocenters. The van der Waals surface area contributed by atoms with Crippen molar-refractivity contribution in [1.82, 2.24) is 9.88 Å². The summed E-state index contributed by atoms with van der Waals surface area (Å²) in [6.07, 6.45) is 7.15. The summed E-state index contributed by atoms with van der Waals surface area (Å²) in [6, 6.07) is 8.57. The van der Waals surface area contributed by atoms with Crippen LogP contribution in [0.4, 0.5) is 5.13 Å². The van der Waals surface area contributed by atoms with Crippen molar-refractivity contribution in [2.75, 3.05) is 31.1 Å². The number of amides is 1. The number of hydrogen-bond donors (Lipinski definition) is 0. The highest BCUT2D eigenvalue weighted by Crippen LogP contribution is 2.43. The van der Waals surface area contributed by atoms with Crippen LogP contribution in [0.25, 0.3) is 5.57 Å². The summed E-state index contributed by atoms with van der Waals surface area (Å²) < 4.78 is 0. The van der Waals surface area contributed by atoms with E-state index >= 15 is 0 Å². The molecule has 2 aromatic rings.